The van der Waals surface area contributed by atoms with Crippen molar-refractivity contribution in [2.24, 2.45) is 0 Å². The van der Waals surface area contributed by atoms with Crippen molar-refractivity contribution in [1.82, 2.24) is 24.7 Å². The lowest BCUT2D eigenvalue weighted by atomic mass is 10.3. The van der Waals surface area contributed by atoms with Crippen LogP contribution in [0.4, 0.5) is 19.0 Å². The summed E-state index contributed by atoms with van der Waals surface area (Å²) in [5, 5.41) is 7.49. The standard InChI is InChI=1S/C14H10ClF3N6/c15-8-1-2-9-10(5-8)19-6-11(20-9)23-3-4-24-12(7-23)21-22-13(24)14(16,17)18/h1-2,5-6H,3-4,7H2. The molecular formula is C14H10ClF3N6. The molecule has 0 bridgehead atoms. The third-order valence-electron chi connectivity index (χ3n) is 3.82. The maximum absolute atomic E-state index is 12.9. The van der Waals surface area contributed by atoms with Crippen molar-refractivity contribution in [2.75, 3.05) is 11.4 Å². The van der Waals surface area contributed by atoms with E-state index in [1.54, 1.807) is 24.4 Å². The molecule has 0 saturated carbocycles. The highest BCUT2D eigenvalue weighted by molar-refractivity contribution is 6.31. The molecule has 0 atom stereocenters. The zero-order valence-electron chi connectivity index (χ0n) is 12.1. The molecule has 124 valence electrons. The molecule has 1 aromatic carbocycles. The van der Waals surface area contributed by atoms with Crippen LogP contribution in [-0.2, 0) is 19.3 Å². The van der Waals surface area contributed by atoms with Crippen molar-refractivity contribution < 1.29 is 13.2 Å². The third-order valence-corrected chi connectivity index (χ3v) is 4.06. The van der Waals surface area contributed by atoms with Gasteiger partial charge in [0.15, 0.2) is 5.82 Å². The summed E-state index contributed by atoms with van der Waals surface area (Å²) in [7, 11) is 0. The summed E-state index contributed by atoms with van der Waals surface area (Å²) in [4.78, 5) is 10.6. The minimum atomic E-state index is -4.50. The van der Waals surface area contributed by atoms with E-state index in [4.69, 9.17) is 11.6 Å². The van der Waals surface area contributed by atoms with E-state index in [2.05, 4.69) is 20.2 Å². The van der Waals surface area contributed by atoms with Gasteiger partial charge in [0, 0.05) is 18.1 Å². The molecule has 3 aromatic rings. The highest BCUT2D eigenvalue weighted by atomic mass is 35.5. The van der Waals surface area contributed by atoms with Crippen molar-refractivity contribution >= 4 is 28.5 Å². The largest absolute Gasteiger partial charge is 0.451 e. The Labute approximate surface area is 138 Å². The molecule has 0 saturated heterocycles. The van der Waals surface area contributed by atoms with Gasteiger partial charge in [0.05, 0.1) is 23.8 Å². The van der Waals surface area contributed by atoms with Gasteiger partial charge in [-0.15, -0.1) is 10.2 Å². The van der Waals surface area contributed by atoms with Crippen molar-refractivity contribution in [3.63, 3.8) is 0 Å². The molecule has 1 aliphatic heterocycles. The first-order valence-electron chi connectivity index (χ1n) is 7.08. The molecule has 4 rings (SSSR count). The van der Waals surface area contributed by atoms with E-state index in [1.165, 1.54) is 0 Å². The van der Waals surface area contributed by atoms with Crippen LogP contribution in [0.1, 0.15) is 11.6 Å². The highest BCUT2D eigenvalue weighted by Gasteiger charge is 2.39. The number of benzene rings is 1. The quantitative estimate of drug-likeness (QED) is 0.672. The van der Waals surface area contributed by atoms with Crippen molar-refractivity contribution in [3.8, 4) is 0 Å². The smallest absolute Gasteiger partial charge is 0.346 e. The Morgan fingerprint density at radius 2 is 1.92 bits per heavy atom. The first kappa shape index (κ1) is 15.1. The van der Waals surface area contributed by atoms with Gasteiger partial charge < -0.3 is 9.47 Å². The lowest BCUT2D eigenvalue weighted by molar-refractivity contribution is -0.147. The van der Waals surface area contributed by atoms with Gasteiger partial charge in [0.25, 0.3) is 0 Å². The molecule has 10 heteroatoms. The van der Waals surface area contributed by atoms with Crippen molar-refractivity contribution in [2.45, 2.75) is 19.3 Å². The van der Waals surface area contributed by atoms with Crippen LogP contribution in [0.5, 0.6) is 0 Å². The van der Waals surface area contributed by atoms with E-state index in [1.807, 2.05) is 4.90 Å². The average Bonchev–Trinajstić information content (AvgIpc) is 2.97. The lowest BCUT2D eigenvalue weighted by Gasteiger charge is -2.28. The van der Waals surface area contributed by atoms with Crippen LogP contribution in [0.15, 0.2) is 24.4 Å². The zero-order chi connectivity index (χ0) is 16.9. The van der Waals surface area contributed by atoms with Crippen LogP contribution in [-0.4, -0.2) is 31.3 Å². The van der Waals surface area contributed by atoms with Gasteiger partial charge in [-0.1, -0.05) is 11.6 Å². The van der Waals surface area contributed by atoms with E-state index >= 15 is 0 Å². The number of alkyl halides is 3. The number of hydrogen-bond acceptors (Lipinski definition) is 5. The Kier molecular flexibility index (Phi) is 3.34. The molecule has 1 aliphatic rings. The van der Waals surface area contributed by atoms with Crippen LogP contribution in [0.3, 0.4) is 0 Å². The van der Waals surface area contributed by atoms with E-state index in [0.717, 1.165) is 4.57 Å². The fourth-order valence-electron chi connectivity index (χ4n) is 2.69. The Bertz CT molecular complexity index is 923. The van der Waals surface area contributed by atoms with Gasteiger partial charge in [0.1, 0.15) is 5.82 Å². The monoisotopic (exact) mass is 354 g/mol. The molecule has 0 spiro atoms. The second-order valence-corrected chi connectivity index (χ2v) is 5.81. The predicted molar refractivity (Wildman–Crippen MR) is 80.6 cm³/mol. The maximum Gasteiger partial charge on any atom is 0.451 e. The van der Waals surface area contributed by atoms with E-state index in [0.29, 0.717) is 28.4 Å². The number of nitrogens with zero attached hydrogens (tertiary/aromatic N) is 6. The van der Waals surface area contributed by atoms with Gasteiger partial charge in [-0.2, -0.15) is 13.2 Å². The van der Waals surface area contributed by atoms with Gasteiger partial charge >= 0.3 is 6.18 Å². The molecule has 0 N–H and O–H groups in total. The number of anilines is 1. The zero-order valence-corrected chi connectivity index (χ0v) is 12.9. The number of halogens is 4. The number of hydrogen-bond donors (Lipinski definition) is 0. The van der Waals surface area contributed by atoms with Crippen LogP contribution >= 0.6 is 11.6 Å². The Morgan fingerprint density at radius 1 is 1.08 bits per heavy atom. The molecule has 2 aromatic heterocycles. The first-order chi connectivity index (χ1) is 11.4. The minimum Gasteiger partial charge on any atom is -0.346 e. The average molecular weight is 355 g/mol. The SMILES string of the molecule is FC(F)(F)c1nnc2n1CCN(c1cnc3cc(Cl)ccc3n1)C2. The van der Waals surface area contributed by atoms with Crippen LogP contribution in [0, 0.1) is 0 Å². The molecule has 0 fully saturated rings. The third kappa shape index (κ3) is 2.54. The summed E-state index contributed by atoms with van der Waals surface area (Å²) in [6.45, 7) is 0.691. The molecule has 0 aliphatic carbocycles. The summed E-state index contributed by atoms with van der Waals surface area (Å²) in [6, 6.07) is 5.17. The number of rotatable bonds is 1. The van der Waals surface area contributed by atoms with Crippen LogP contribution < -0.4 is 4.90 Å². The van der Waals surface area contributed by atoms with Crippen LogP contribution in [0.25, 0.3) is 11.0 Å². The molecule has 3 heterocycles. The summed E-state index contributed by atoms with van der Waals surface area (Å²) in [5.74, 6) is -0.129. The second kappa shape index (κ2) is 5.30. The second-order valence-electron chi connectivity index (χ2n) is 5.37. The van der Waals surface area contributed by atoms with Gasteiger partial charge in [-0.25, -0.2) is 4.98 Å². The summed E-state index contributed by atoms with van der Waals surface area (Å²) >= 11 is 5.91. The highest BCUT2D eigenvalue weighted by Crippen LogP contribution is 2.30. The van der Waals surface area contributed by atoms with E-state index in [9.17, 15) is 13.2 Å². The molecule has 0 unspecified atom stereocenters. The molecular weight excluding hydrogens is 345 g/mol. The minimum absolute atomic E-state index is 0.136. The van der Waals surface area contributed by atoms with Gasteiger partial charge in [0.2, 0.25) is 5.82 Å². The molecule has 6 nitrogen and oxygen atoms in total. The first-order valence-corrected chi connectivity index (χ1v) is 7.46. The van der Waals surface area contributed by atoms with Gasteiger partial charge in [-0.3, -0.25) is 4.98 Å². The lowest BCUT2D eigenvalue weighted by Crippen LogP contribution is -2.35. The summed E-state index contributed by atoms with van der Waals surface area (Å²) < 4.78 is 39.7. The number of fused-ring (bicyclic) bond motifs is 2. The molecule has 0 radical (unpaired) electrons. The Balaban J connectivity index is 1.65. The maximum atomic E-state index is 12.9. The summed E-state index contributed by atoms with van der Waals surface area (Å²) in [5.41, 5.74) is 1.32. The molecule has 0 amide bonds. The summed E-state index contributed by atoms with van der Waals surface area (Å²) in [6.07, 6.45) is -2.93. The number of aromatic nitrogens is 5. The van der Waals surface area contributed by atoms with Crippen molar-refractivity contribution in [1.29, 1.82) is 0 Å². The Hall–Kier alpha value is -2.42. The fraction of sp³-hybridized carbons (Fsp3) is 0.286. The normalized spacial score (nSPS) is 14.9. The Morgan fingerprint density at radius 3 is 2.71 bits per heavy atom. The predicted octanol–water partition coefficient (Wildman–Crippen LogP) is 2.91. The van der Waals surface area contributed by atoms with Gasteiger partial charge in [-0.05, 0) is 18.2 Å². The fourth-order valence-corrected chi connectivity index (χ4v) is 2.86. The van der Waals surface area contributed by atoms with Crippen LogP contribution in [0.2, 0.25) is 5.02 Å². The van der Waals surface area contributed by atoms with E-state index < -0.39 is 12.0 Å². The van der Waals surface area contributed by atoms with Crippen molar-refractivity contribution in [3.05, 3.63) is 41.1 Å². The topological polar surface area (TPSA) is 59.7 Å². The van der Waals surface area contributed by atoms with E-state index in [-0.39, 0.29) is 18.9 Å². The molecule has 24 heavy (non-hydrogen) atoms.